The highest BCUT2D eigenvalue weighted by molar-refractivity contribution is 9.10. The molecule has 0 aliphatic carbocycles. The molecule has 0 saturated heterocycles. The zero-order chi connectivity index (χ0) is 14.6. The molecule has 1 atom stereocenters. The molecule has 1 rings (SSSR count). The van der Waals surface area contributed by atoms with Gasteiger partial charge >= 0.3 is 0 Å². The molecule has 0 aromatic heterocycles. The number of carbonyl (C=O) groups excluding carboxylic acids is 1. The summed E-state index contributed by atoms with van der Waals surface area (Å²) in [4.78, 5) is 12.3. The topological polar surface area (TPSA) is 55.1 Å². The lowest BCUT2D eigenvalue weighted by molar-refractivity contribution is -0.127. The number of carbonyl (C=O) groups is 1. The summed E-state index contributed by atoms with van der Waals surface area (Å²) in [5, 5.41) is 3.09. The number of amides is 1. The van der Waals surface area contributed by atoms with Crippen molar-refractivity contribution in [2.75, 3.05) is 6.54 Å². The highest BCUT2D eigenvalue weighted by Crippen LogP contribution is 2.23. The van der Waals surface area contributed by atoms with E-state index in [0.717, 1.165) is 10.0 Å². The first-order valence-corrected chi connectivity index (χ1v) is 7.35. The summed E-state index contributed by atoms with van der Waals surface area (Å²) < 4.78 is 1.03. The number of halogens is 1. The first kappa shape index (κ1) is 16.2. The van der Waals surface area contributed by atoms with Gasteiger partial charge in [-0.2, -0.15) is 0 Å². The normalized spacial score (nSPS) is 13.4. The zero-order valence-corrected chi connectivity index (χ0v) is 13.6. The third-order valence-electron chi connectivity index (χ3n) is 3.40. The van der Waals surface area contributed by atoms with Crippen LogP contribution in [0.25, 0.3) is 0 Å². The number of hydrogen-bond donors (Lipinski definition) is 2. The maximum absolute atomic E-state index is 12.3. The van der Waals surface area contributed by atoms with Gasteiger partial charge < -0.3 is 11.1 Å². The first-order chi connectivity index (χ1) is 8.77. The Morgan fingerprint density at radius 2 is 1.84 bits per heavy atom. The Balaban J connectivity index is 2.84. The van der Waals surface area contributed by atoms with Gasteiger partial charge in [0.1, 0.15) is 0 Å². The molecule has 1 amide bonds. The van der Waals surface area contributed by atoms with E-state index in [-0.39, 0.29) is 17.7 Å². The van der Waals surface area contributed by atoms with E-state index in [1.54, 1.807) is 0 Å². The summed E-state index contributed by atoms with van der Waals surface area (Å²) in [6, 6.07) is 7.98. The monoisotopic (exact) mass is 326 g/mol. The van der Waals surface area contributed by atoms with E-state index in [0.29, 0.717) is 6.54 Å². The van der Waals surface area contributed by atoms with Crippen molar-refractivity contribution in [2.45, 2.75) is 33.2 Å². The van der Waals surface area contributed by atoms with E-state index in [9.17, 15) is 4.79 Å². The van der Waals surface area contributed by atoms with Gasteiger partial charge in [0, 0.05) is 11.0 Å². The van der Waals surface area contributed by atoms with Crippen LogP contribution in [0.1, 0.15) is 33.3 Å². The number of benzene rings is 1. The van der Waals surface area contributed by atoms with Crippen molar-refractivity contribution in [3.05, 3.63) is 34.3 Å². The van der Waals surface area contributed by atoms with Crippen LogP contribution in [0.4, 0.5) is 0 Å². The van der Waals surface area contributed by atoms with Crippen LogP contribution in [0.2, 0.25) is 0 Å². The van der Waals surface area contributed by atoms with Crippen LogP contribution in [0.3, 0.4) is 0 Å². The quantitative estimate of drug-likeness (QED) is 0.873. The molecule has 19 heavy (non-hydrogen) atoms. The molecule has 0 bridgehead atoms. The Morgan fingerprint density at radius 3 is 2.26 bits per heavy atom. The highest BCUT2D eigenvalue weighted by Gasteiger charge is 2.28. The van der Waals surface area contributed by atoms with Gasteiger partial charge in [-0.15, -0.1) is 0 Å². The summed E-state index contributed by atoms with van der Waals surface area (Å²) in [5.41, 5.74) is 6.36. The Morgan fingerprint density at radius 1 is 1.32 bits per heavy atom. The second kappa shape index (κ2) is 6.53. The maximum atomic E-state index is 12.3. The fourth-order valence-electron chi connectivity index (χ4n) is 2.02. The van der Waals surface area contributed by atoms with Crippen molar-refractivity contribution >= 4 is 21.8 Å². The van der Waals surface area contributed by atoms with E-state index < -0.39 is 5.54 Å². The highest BCUT2D eigenvalue weighted by atomic mass is 79.9. The van der Waals surface area contributed by atoms with Crippen LogP contribution < -0.4 is 11.1 Å². The Bertz CT molecular complexity index is 426. The fraction of sp³-hybridized carbons (Fsp3) is 0.533. The van der Waals surface area contributed by atoms with Gasteiger partial charge in [-0.3, -0.25) is 4.79 Å². The molecule has 106 valence electrons. The second-order valence-electron chi connectivity index (χ2n) is 5.71. The smallest absolute Gasteiger partial charge is 0.225 e. The van der Waals surface area contributed by atoms with Crippen molar-refractivity contribution < 1.29 is 4.79 Å². The van der Waals surface area contributed by atoms with Crippen molar-refractivity contribution in [1.82, 2.24) is 5.32 Å². The molecule has 1 unspecified atom stereocenters. The van der Waals surface area contributed by atoms with E-state index in [1.807, 2.05) is 52.0 Å². The average Bonchev–Trinajstić information content (AvgIpc) is 2.29. The summed E-state index contributed by atoms with van der Waals surface area (Å²) >= 11 is 3.41. The van der Waals surface area contributed by atoms with Crippen LogP contribution in [0.15, 0.2) is 28.7 Å². The molecule has 0 heterocycles. The molecule has 0 saturated carbocycles. The van der Waals surface area contributed by atoms with Crippen LogP contribution in [0, 0.1) is 11.8 Å². The molecule has 0 aliphatic heterocycles. The lowest BCUT2D eigenvalue weighted by Gasteiger charge is -2.30. The van der Waals surface area contributed by atoms with Crippen molar-refractivity contribution in [2.24, 2.45) is 17.6 Å². The van der Waals surface area contributed by atoms with Crippen LogP contribution in [-0.4, -0.2) is 12.5 Å². The largest absolute Gasteiger partial charge is 0.347 e. The van der Waals surface area contributed by atoms with E-state index in [2.05, 4.69) is 21.2 Å². The Kier molecular flexibility index (Phi) is 5.56. The van der Waals surface area contributed by atoms with Crippen LogP contribution in [-0.2, 0) is 10.3 Å². The summed E-state index contributed by atoms with van der Waals surface area (Å²) in [5.74, 6) is 0.117. The van der Waals surface area contributed by atoms with Gasteiger partial charge in [-0.05, 0) is 37.5 Å². The average molecular weight is 327 g/mol. The van der Waals surface area contributed by atoms with Crippen LogP contribution in [0.5, 0.6) is 0 Å². The molecule has 1 aromatic carbocycles. The molecule has 0 spiro atoms. The zero-order valence-electron chi connectivity index (χ0n) is 12.0. The third-order valence-corrected chi connectivity index (χ3v) is 3.93. The van der Waals surface area contributed by atoms with Crippen LogP contribution >= 0.6 is 15.9 Å². The second-order valence-corrected chi connectivity index (χ2v) is 6.62. The fourth-order valence-corrected chi connectivity index (χ4v) is 2.29. The molecule has 0 aliphatic rings. The standard InChI is InChI=1S/C15H23BrN2O/c1-10(2)13(9-17)14(19)18-15(3,4)11-5-7-12(16)8-6-11/h5-8,10,13H,9,17H2,1-4H3,(H,18,19). The Labute approximate surface area is 124 Å². The SMILES string of the molecule is CC(C)C(CN)C(=O)NC(C)(C)c1ccc(Br)cc1. The van der Waals surface area contributed by atoms with Gasteiger partial charge in [0.2, 0.25) is 5.91 Å². The first-order valence-electron chi connectivity index (χ1n) is 6.56. The Hall–Kier alpha value is -0.870. The van der Waals surface area contributed by atoms with Gasteiger partial charge in [-0.1, -0.05) is 41.9 Å². The minimum atomic E-state index is -0.403. The lowest BCUT2D eigenvalue weighted by atomic mass is 9.90. The van der Waals surface area contributed by atoms with Crippen molar-refractivity contribution in [1.29, 1.82) is 0 Å². The molecule has 4 heteroatoms. The molecule has 0 fully saturated rings. The predicted molar refractivity (Wildman–Crippen MR) is 82.7 cm³/mol. The lowest BCUT2D eigenvalue weighted by Crippen LogP contribution is -2.47. The van der Waals surface area contributed by atoms with Gasteiger partial charge in [0.25, 0.3) is 0 Å². The molecular formula is C15H23BrN2O. The maximum Gasteiger partial charge on any atom is 0.225 e. The molecule has 3 N–H and O–H groups in total. The number of hydrogen-bond acceptors (Lipinski definition) is 2. The van der Waals surface area contributed by atoms with Gasteiger partial charge in [-0.25, -0.2) is 0 Å². The molecule has 0 radical (unpaired) electrons. The minimum Gasteiger partial charge on any atom is -0.347 e. The summed E-state index contributed by atoms with van der Waals surface area (Å²) in [6.45, 7) is 8.41. The minimum absolute atomic E-state index is 0.0189. The number of rotatable bonds is 5. The molecular weight excluding hydrogens is 304 g/mol. The van der Waals surface area contributed by atoms with Crippen molar-refractivity contribution in [3.8, 4) is 0 Å². The summed E-state index contributed by atoms with van der Waals surface area (Å²) in [6.07, 6.45) is 0. The number of nitrogens with two attached hydrogens (primary N) is 1. The van der Waals surface area contributed by atoms with Crippen molar-refractivity contribution in [3.63, 3.8) is 0 Å². The number of nitrogens with one attached hydrogen (secondary N) is 1. The van der Waals surface area contributed by atoms with E-state index >= 15 is 0 Å². The van der Waals surface area contributed by atoms with Gasteiger partial charge in [0.15, 0.2) is 0 Å². The van der Waals surface area contributed by atoms with E-state index in [4.69, 9.17) is 5.73 Å². The molecule has 3 nitrogen and oxygen atoms in total. The predicted octanol–water partition coefficient (Wildman–Crippen LogP) is 3.03. The van der Waals surface area contributed by atoms with Gasteiger partial charge in [0.05, 0.1) is 11.5 Å². The van der Waals surface area contributed by atoms with E-state index in [1.165, 1.54) is 0 Å². The third kappa shape index (κ3) is 4.32. The summed E-state index contributed by atoms with van der Waals surface area (Å²) in [7, 11) is 0. The molecule has 1 aromatic rings.